The Morgan fingerprint density at radius 2 is 1.81 bits per heavy atom. The molecule has 8 heteroatoms. The van der Waals surface area contributed by atoms with Gasteiger partial charge in [-0.15, -0.1) is 0 Å². The molecule has 0 fully saturated rings. The molecule has 0 bridgehead atoms. The summed E-state index contributed by atoms with van der Waals surface area (Å²) in [5, 5.41) is 5.77. The molecule has 172 valence electrons. The maximum Gasteiger partial charge on any atom is 0.266 e. The molecule has 0 spiro atoms. The average Bonchev–Trinajstić information content (AvgIpc) is 3.14. The van der Waals surface area contributed by atoms with Crippen molar-refractivity contribution in [3.63, 3.8) is 0 Å². The average molecular weight is 441 g/mol. The highest BCUT2D eigenvalue weighted by Crippen LogP contribution is 2.31. The second-order valence-electron chi connectivity index (χ2n) is 7.94. The van der Waals surface area contributed by atoms with Crippen LogP contribution in [0.4, 0.5) is 0 Å². The lowest BCUT2D eigenvalue weighted by atomic mass is 10.1. The first kappa shape index (κ1) is 23.4. The summed E-state index contributed by atoms with van der Waals surface area (Å²) in [5.74, 6) is 1.28. The molecule has 2 heterocycles. The molecule has 32 heavy (non-hydrogen) atoms. The number of fused-ring (bicyclic) bond motifs is 1. The zero-order valence-corrected chi connectivity index (χ0v) is 19.4. The predicted octanol–water partition coefficient (Wildman–Crippen LogP) is 3.64. The van der Waals surface area contributed by atoms with E-state index in [-0.39, 0.29) is 23.9 Å². The molecular formula is C24H32N4O4. The molecule has 1 unspecified atom stereocenters. The highest BCUT2D eigenvalue weighted by Gasteiger charge is 2.17. The van der Waals surface area contributed by atoms with Crippen LogP contribution in [0.1, 0.15) is 62.2 Å². The van der Waals surface area contributed by atoms with Crippen molar-refractivity contribution in [2.75, 3.05) is 13.2 Å². The Hall–Kier alpha value is -3.29. The summed E-state index contributed by atoms with van der Waals surface area (Å²) < 4.78 is 13.3. The van der Waals surface area contributed by atoms with E-state index in [2.05, 4.69) is 29.2 Å². The number of ether oxygens (including phenoxy) is 2. The van der Waals surface area contributed by atoms with Crippen LogP contribution in [-0.4, -0.2) is 33.7 Å². The molecular weight excluding hydrogens is 408 g/mol. The number of H-pyrrole nitrogens is 1. The van der Waals surface area contributed by atoms with Gasteiger partial charge in [0.1, 0.15) is 0 Å². The Morgan fingerprint density at radius 1 is 1.12 bits per heavy atom. The third kappa shape index (κ3) is 5.30. The van der Waals surface area contributed by atoms with Crippen LogP contribution in [0.5, 0.6) is 11.5 Å². The van der Waals surface area contributed by atoms with Crippen LogP contribution in [0.25, 0.3) is 5.65 Å². The van der Waals surface area contributed by atoms with Crippen molar-refractivity contribution in [2.24, 2.45) is 0 Å². The molecule has 0 saturated heterocycles. The SMILES string of the molecule is CCCOc1ccc(C(C)NC(=O)Cc2c(C)nc3cc(=O)[nH]n3c2C)cc1OCCC. The van der Waals surface area contributed by atoms with Crippen molar-refractivity contribution in [2.45, 2.75) is 59.9 Å². The molecule has 3 aromatic rings. The minimum absolute atomic E-state index is 0.123. The number of nitrogens with one attached hydrogen (secondary N) is 2. The lowest BCUT2D eigenvalue weighted by Crippen LogP contribution is -2.29. The molecule has 1 atom stereocenters. The Balaban J connectivity index is 1.75. The molecule has 2 N–H and O–H groups in total. The number of carbonyl (C=O) groups is 1. The summed E-state index contributed by atoms with van der Waals surface area (Å²) in [5.41, 5.74) is 3.59. The van der Waals surface area contributed by atoms with Crippen molar-refractivity contribution < 1.29 is 14.3 Å². The van der Waals surface area contributed by atoms with Gasteiger partial charge in [0.25, 0.3) is 5.56 Å². The first-order valence-corrected chi connectivity index (χ1v) is 11.1. The molecule has 1 amide bonds. The Bertz CT molecular complexity index is 1150. The van der Waals surface area contributed by atoms with Gasteiger partial charge in [0.15, 0.2) is 17.1 Å². The van der Waals surface area contributed by atoms with Gasteiger partial charge in [-0.1, -0.05) is 19.9 Å². The van der Waals surface area contributed by atoms with E-state index in [4.69, 9.17) is 9.47 Å². The number of amides is 1. The number of benzene rings is 1. The number of carbonyl (C=O) groups excluding carboxylic acids is 1. The summed E-state index contributed by atoms with van der Waals surface area (Å²) in [6.45, 7) is 11.0. The summed E-state index contributed by atoms with van der Waals surface area (Å²) in [6, 6.07) is 7.00. The van der Waals surface area contributed by atoms with E-state index in [0.717, 1.165) is 35.4 Å². The second kappa shape index (κ2) is 10.3. The molecule has 0 radical (unpaired) electrons. The van der Waals surface area contributed by atoms with Gasteiger partial charge in [0.05, 0.1) is 25.7 Å². The molecule has 0 aliphatic rings. The number of hydrogen-bond acceptors (Lipinski definition) is 5. The molecule has 0 saturated carbocycles. The fourth-order valence-electron chi connectivity index (χ4n) is 3.60. The smallest absolute Gasteiger partial charge is 0.266 e. The number of aryl methyl sites for hydroxylation is 2. The monoisotopic (exact) mass is 440 g/mol. The van der Waals surface area contributed by atoms with Crippen LogP contribution in [-0.2, 0) is 11.2 Å². The van der Waals surface area contributed by atoms with Gasteiger partial charge in [-0.25, -0.2) is 9.50 Å². The highest BCUT2D eigenvalue weighted by molar-refractivity contribution is 5.79. The standard InChI is InChI=1S/C24H32N4O4/c1-6-10-31-20-9-8-18(12-21(20)32-11-7-2)15(3)26-23(29)13-19-16(4)25-22-14-24(30)27-28(22)17(19)5/h8-9,12,14-15H,6-7,10-11,13H2,1-5H3,(H,26,29)(H,27,30). The third-order valence-electron chi connectivity index (χ3n) is 5.31. The molecule has 0 aliphatic heterocycles. The minimum Gasteiger partial charge on any atom is -0.490 e. The number of aromatic nitrogens is 3. The van der Waals surface area contributed by atoms with Crippen molar-refractivity contribution in [1.82, 2.24) is 19.9 Å². The normalized spacial score (nSPS) is 12.0. The first-order valence-electron chi connectivity index (χ1n) is 11.1. The van der Waals surface area contributed by atoms with E-state index in [1.807, 2.05) is 39.0 Å². The number of rotatable bonds is 10. The fraction of sp³-hybridized carbons (Fsp3) is 0.458. The number of hydrogen-bond donors (Lipinski definition) is 2. The summed E-state index contributed by atoms with van der Waals surface area (Å²) in [6.07, 6.45) is 1.98. The Kier molecular flexibility index (Phi) is 7.56. The van der Waals surface area contributed by atoms with Crippen LogP contribution < -0.4 is 20.3 Å². The van der Waals surface area contributed by atoms with Crippen LogP contribution in [0.2, 0.25) is 0 Å². The zero-order valence-electron chi connectivity index (χ0n) is 19.4. The van der Waals surface area contributed by atoms with Crippen LogP contribution in [0.15, 0.2) is 29.1 Å². The number of aromatic amines is 1. The van der Waals surface area contributed by atoms with E-state index >= 15 is 0 Å². The van der Waals surface area contributed by atoms with Gasteiger partial charge >= 0.3 is 0 Å². The lowest BCUT2D eigenvalue weighted by Gasteiger charge is -2.19. The quantitative estimate of drug-likeness (QED) is 0.502. The zero-order chi connectivity index (χ0) is 23.3. The predicted molar refractivity (Wildman–Crippen MR) is 124 cm³/mol. The van der Waals surface area contributed by atoms with Crippen molar-refractivity contribution in [1.29, 1.82) is 0 Å². The summed E-state index contributed by atoms with van der Waals surface area (Å²) >= 11 is 0. The number of nitrogens with zero attached hydrogens (tertiary/aromatic N) is 2. The molecule has 2 aromatic heterocycles. The third-order valence-corrected chi connectivity index (χ3v) is 5.31. The largest absolute Gasteiger partial charge is 0.490 e. The van der Waals surface area contributed by atoms with Gasteiger partial charge in [-0.05, 0) is 51.3 Å². The van der Waals surface area contributed by atoms with E-state index in [1.165, 1.54) is 6.07 Å². The van der Waals surface area contributed by atoms with E-state index in [0.29, 0.717) is 30.4 Å². The maximum absolute atomic E-state index is 12.8. The van der Waals surface area contributed by atoms with E-state index < -0.39 is 0 Å². The summed E-state index contributed by atoms with van der Waals surface area (Å²) in [4.78, 5) is 28.9. The fourth-order valence-corrected chi connectivity index (χ4v) is 3.60. The molecule has 3 rings (SSSR count). The first-order chi connectivity index (χ1) is 15.3. The second-order valence-corrected chi connectivity index (χ2v) is 7.94. The molecule has 1 aromatic carbocycles. The minimum atomic E-state index is -0.220. The summed E-state index contributed by atoms with van der Waals surface area (Å²) in [7, 11) is 0. The van der Waals surface area contributed by atoms with Gasteiger partial charge in [0.2, 0.25) is 5.91 Å². The maximum atomic E-state index is 12.8. The van der Waals surface area contributed by atoms with E-state index in [1.54, 1.807) is 4.52 Å². The topological polar surface area (TPSA) is 97.7 Å². The Morgan fingerprint density at radius 3 is 2.50 bits per heavy atom. The Labute approximate surface area is 187 Å². The van der Waals surface area contributed by atoms with Crippen LogP contribution >= 0.6 is 0 Å². The van der Waals surface area contributed by atoms with Crippen LogP contribution in [0, 0.1) is 13.8 Å². The molecule has 8 nitrogen and oxygen atoms in total. The van der Waals surface area contributed by atoms with E-state index in [9.17, 15) is 9.59 Å². The van der Waals surface area contributed by atoms with Crippen molar-refractivity contribution >= 4 is 11.6 Å². The van der Waals surface area contributed by atoms with Crippen molar-refractivity contribution in [3.05, 3.63) is 57.1 Å². The van der Waals surface area contributed by atoms with Gasteiger partial charge in [-0.3, -0.25) is 14.7 Å². The van der Waals surface area contributed by atoms with Crippen molar-refractivity contribution in [3.8, 4) is 11.5 Å². The van der Waals surface area contributed by atoms with Crippen LogP contribution in [0.3, 0.4) is 0 Å². The van der Waals surface area contributed by atoms with Gasteiger partial charge in [0, 0.05) is 23.0 Å². The highest BCUT2D eigenvalue weighted by atomic mass is 16.5. The lowest BCUT2D eigenvalue weighted by molar-refractivity contribution is -0.121. The molecule has 0 aliphatic carbocycles. The van der Waals surface area contributed by atoms with Gasteiger partial charge < -0.3 is 14.8 Å². The van der Waals surface area contributed by atoms with Gasteiger partial charge in [-0.2, -0.15) is 0 Å².